The molecule has 4 rings (SSSR count). The number of piperazine rings is 1. The Morgan fingerprint density at radius 3 is 2.27 bits per heavy atom. The van der Waals surface area contributed by atoms with Crippen LogP contribution in [0.25, 0.3) is 0 Å². The van der Waals surface area contributed by atoms with E-state index in [0.717, 1.165) is 28.2 Å². The van der Waals surface area contributed by atoms with Crippen LogP contribution in [0.1, 0.15) is 29.5 Å². The van der Waals surface area contributed by atoms with Crippen LogP contribution < -0.4 is 19.4 Å². The Kier molecular flexibility index (Phi) is 8.99. The van der Waals surface area contributed by atoms with Gasteiger partial charge >= 0.3 is 6.18 Å². The maximum Gasteiger partial charge on any atom is 0.416 e. The van der Waals surface area contributed by atoms with Gasteiger partial charge in [0.05, 0.1) is 17.2 Å². The zero-order valence-electron chi connectivity index (χ0n) is 22.0. The predicted molar refractivity (Wildman–Crippen MR) is 148 cm³/mol. The molecule has 2 unspecified atom stereocenters. The van der Waals surface area contributed by atoms with Crippen LogP contribution >= 0.6 is 0 Å². The maximum atomic E-state index is 14.5. The second-order valence-corrected chi connectivity index (χ2v) is 10.5. The number of hydrogen-bond acceptors (Lipinski definition) is 4. The monoisotopic (exact) mass is 578 g/mol. The zero-order chi connectivity index (χ0) is 29.0. The third kappa shape index (κ3) is 6.73. The molecule has 0 bridgehead atoms. The maximum absolute atomic E-state index is 14.5. The van der Waals surface area contributed by atoms with Gasteiger partial charge < -0.3 is 15.1 Å². The lowest BCUT2D eigenvalue weighted by molar-refractivity contribution is -0.137. The highest BCUT2D eigenvalue weighted by Gasteiger charge is 2.32. The van der Waals surface area contributed by atoms with Gasteiger partial charge in [-0.25, -0.2) is 8.60 Å². The highest BCUT2D eigenvalue weighted by atomic mass is 32.2. The smallest absolute Gasteiger partial charge is 0.368 e. The van der Waals surface area contributed by atoms with Gasteiger partial charge in [0.25, 0.3) is 11.3 Å². The minimum absolute atomic E-state index is 0.0116. The quantitative estimate of drug-likeness (QED) is 0.285. The van der Waals surface area contributed by atoms with Gasteiger partial charge in [-0.2, -0.15) is 13.2 Å². The molecule has 0 aromatic heterocycles. The van der Waals surface area contributed by atoms with Gasteiger partial charge in [0.1, 0.15) is 5.82 Å². The average Bonchev–Trinajstić information content (AvgIpc) is 2.95. The summed E-state index contributed by atoms with van der Waals surface area (Å²) in [4.78, 5) is 17.0. The number of alkyl halides is 3. The second kappa shape index (κ2) is 12.3. The van der Waals surface area contributed by atoms with Crippen LogP contribution in [0.2, 0.25) is 0 Å². The summed E-state index contributed by atoms with van der Waals surface area (Å²) in [6.07, 6.45) is -4.51. The molecule has 12 heteroatoms. The summed E-state index contributed by atoms with van der Waals surface area (Å²) in [6.45, 7) is 3.84. The first kappa shape index (κ1) is 29.3. The van der Waals surface area contributed by atoms with Crippen molar-refractivity contribution in [2.75, 3.05) is 47.3 Å². The van der Waals surface area contributed by atoms with Crippen LogP contribution in [-0.4, -0.2) is 47.9 Å². The van der Waals surface area contributed by atoms with Crippen molar-refractivity contribution in [3.05, 3.63) is 89.2 Å². The molecule has 3 aromatic carbocycles. The van der Waals surface area contributed by atoms with Crippen LogP contribution in [0.5, 0.6) is 0 Å². The van der Waals surface area contributed by atoms with Gasteiger partial charge in [-0.3, -0.25) is 13.7 Å². The first-order valence-electron chi connectivity index (χ1n) is 12.6. The molecule has 2 N–H and O–H groups in total. The van der Waals surface area contributed by atoms with E-state index in [-0.39, 0.29) is 12.2 Å². The largest absolute Gasteiger partial charge is 0.416 e. The van der Waals surface area contributed by atoms with E-state index in [1.165, 1.54) is 25.2 Å². The summed E-state index contributed by atoms with van der Waals surface area (Å²) >= 11 is -2.41. The highest BCUT2D eigenvalue weighted by molar-refractivity contribution is 7.80. The third-order valence-corrected chi connectivity index (χ3v) is 7.71. The molecular formula is C28H30F4N4O3S. The van der Waals surface area contributed by atoms with E-state index < -0.39 is 40.6 Å². The molecule has 1 amide bonds. The molecule has 0 spiro atoms. The molecule has 2 atom stereocenters. The van der Waals surface area contributed by atoms with Crippen molar-refractivity contribution < 1.29 is 31.1 Å². The van der Waals surface area contributed by atoms with Crippen LogP contribution in [0.4, 0.5) is 34.6 Å². The topological polar surface area (TPSA) is 76.1 Å². The molecule has 1 aliphatic rings. The number of nitrogens with one attached hydrogen (secondary N) is 1. The number of para-hydroxylation sites is 1. The number of amides is 1. The number of nitrogens with zero attached hydrogens (tertiary/aromatic N) is 3. The molecule has 1 aliphatic heterocycles. The number of anilines is 3. The fourth-order valence-electron chi connectivity index (χ4n) is 4.65. The molecule has 214 valence electrons. The van der Waals surface area contributed by atoms with Crippen LogP contribution in [-0.2, 0) is 28.8 Å². The molecule has 1 fully saturated rings. The number of carbonyl (C=O) groups excluding carboxylic acids is 1. The van der Waals surface area contributed by atoms with Gasteiger partial charge in [0.2, 0.25) is 5.91 Å². The molecule has 0 saturated carbocycles. The van der Waals surface area contributed by atoms with Crippen LogP contribution in [0, 0.1) is 5.82 Å². The van der Waals surface area contributed by atoms with Crippen molar-refractivity contribution >= 4 is 34.2 Å². The molecule has 0 aliphatic carbocycles. The Labute approximate surface area is 232 Å². The molecule has 1 heterocycles. The van der Waals surface area contributed by atoms with E-state index in [0.29, 0.717) is 43.0 Å². The van der Waals surface area contributed by atoms with E-state index in [1.807, 2.05) is 35.2 Å². The van der Waals surface area contributed by atoms with Gasteiger partial charge in [-0.1, -0.05) is 30.3 Å². The van der Waals surface area contributed by atoms with Crippen molar-refractivity contribution in [2.45, 2.75) is 25.6 Å². The Bertz CT molecular complexity index is 1370. The van der Waals surface area contributed by atoms with E-state index in [2.05, 4.69) is 10.2 Å². The number of hydrogen-bond donors (Lipinski definition) is 2. The van der Waals surface area contributed by atoms with Crippen molar-refractivity contribution in [3.8, 4) is 0 Å². The summed E-state index contributed by atoms with van der Waals surface area (Å²) in [5.74, 6) is -1.98. The number of benzene rings is 3. The number of rotatable bonds is 8. The van der Waals surface area contributed by atoms with Crippen LogP contribution in [0.3, 0.4) is 0 Å². The highest BCUT2D eigenvalue weighted by Crippen LogP contribution is 2.34. The summed E-state index contributed by atoms with van der Waals surface area (Å²) in [7, 11) is 1.26. The third-order valence-electron chi connectivity index (χ3n) is 7.05. The lowest BCUT2D eigenvalue weighted by Gasteiger charge is -2.38. The average molecular weight is 579 g/mol. The fourth-order valence-corrected chi connectivity index (χ4v) is 4.96. The summed E-state index contributed by atoms with van der Waals surface area (Å²) in [6, 6.07) is 17.2. The first-order valence-corrected chi connectivity index (χ1v) is 13.7. The fraction of sp³-hybridized carbons (Fsp3) is 0.321. The summed E-state index contributed by atoms with van der Waals surface area (Å²) in [5, 5.41) is 2.77. The van der Waals surface area contributed by atoms with E-state index in [1.54, 1.807) is 6.92 Å². The molecule has 7 nitrogen and oxygen atoms in total. The predicted octanol–water partition coefficient (Wildman–Crippen LogP) is 5.16. The Hall–Kier alpha value is -3.64. The lowest BCUT2D eigenvalue weighted by Crippen LogP contribution is -2.47. The minimum atomic E-state index is -4.51. The standard InChI is InChI=1S/C28H30F4N4O3S/c1-19(20-9-11-25(24(29)16-20)34(2)40(38)39)27(37)33-18-21-8-10-22(28(30,31)32)17-26(21)36-14-12-35(13-15-36)23-6-4-3-5-7-23/h3-11,16-17,19H,12-15,18H2,1-2H3,(H,33,37)(H,38,39). The van der Waals surface area contributed by atoms with Gasteiger partial charge in [-0.15, -0.1) is 0 Å². The first-order chi connectivity index (χ1) is 19.0. The summed E-state index contributed by atoms with van der Waals surface area (Å²) < 4.78 is 76.5. The van der Waals surface area contributed by atoms with Crippen molar-refractivity contribution in [1.82, 2.24) is 5.32 Å². The molecular weight excluding hydrogens is 548 g/mol. The van der Waals surface area contributed by atoms with Gasteiger partial charge in [0, 0.05) is 51.1 Å². The second-order valence-electron chi connectivity index (χ2n) is 9.53. The Balaban J connectivity index is 1.48. The van der Waals surface area contributed by atoms with Gasteiger partial charge in [-0.05, 0) is 54.4 Å². The van der Waals surface area contributed by atoms with Crippen molar-refractivity contribution in [2.24, 2.45) is 0 Å². The SMILES string of the molecule is CC(C(=O)NCc1ccc(C(F)(F)F)cc1N1CCN(c2ccccc2)CC1)c1ccc(N(C)S(=O)O)c(F)c1. The van der Waals surface area contributed by atoms with Gasteiger partial charge in [0.15, 0.2) is 0 Å². The molecule has 3 aromatic rings. The Morgan fingerprint density at radius 2 is 1.68 bits per heavy atom. The molecule has 40 heavy (non-hydrogen) atoms. The van der Waals surface area contributed by atoms with E-state index in [4.69, 9.17) is 0 Å². The summed E-state index contributed by atoms with van der Waals surface area (Å²) in [5.41, 5.74) is 1.48. The lowest BCUT2D eigenvalue weighted by atomic mass is 9.99. The zero-order valence-corrected chi connectivity index (χ0v) is 22.8. The number of carbonyl (C=O) groups is 1. The van der Waals surface area contributed by atoms with E-state index in [9.17, 15) is 31.1 Å². The molecule has 0 radical (unpaired) electrons. The van der Waals surface area contributed by atoms with Crippen molar-refractivity contribution in [3.63, 3.8) is 0 Å². The van der Waals surface area contributed by atoms with Crippen molar-refractivity contribution in [1.29, 1.82) is 0 Å². The van der Waals surface area contributed by atoms with E-state index >= 15 is 0 Å². The minimum Gasteiger partial charge on any atom is -0.368 e. The molecule has 1 saturated heterocycles. The Morgan fingerprint density at radius 1 is 1.02 bits per heavy atom. The van der Waals surface area contributed by atoms with Crippen LogP contribution in [0.15, 0.2) is 66.7 Å². The normalized spacial score (nSPS) is 15.5. The number of halogens is 4.